The minimum atomic E-state index is 0.0717. The Bertz CT molecular complexity index is 587. The number of rotatable bonds is 5. The van der Waals surface area contributed by atoms with Crippen LogP contribution in [-0.2, 0) is 17.8 Å². The number of hydrogen-bond acceptors (Lipinski definition) is 3. The van der Waals surface area contributed by atoms with Crippen LogP contribution in [0.2, 0.25) is 0 Å². The summed E-state index contributed by atoms with van der Waals surface area (Å²) in [5.41, 5.74) is 1.27. The fourth-order valence-electron chi connectivity index (χ4n) is 2.60. The molecule has 2 N–H and O–H groups in total. The van der Waals surface area contributed by atoms with E-state index in [1.54, 1.807) is 6.20 Å². The Labute approximate surface area is 124 Å². The molecule has 1 aromatic heterocycles. The first-order valence-corrected chi connectivity index (χ1v) is 7.40. The summed E-state index contributed by atoms with van der Waals surface area (Å²) in [7, 11) is 0. The molecule has 110 valence electrons. The van der Waals surface area contributed by atoms with Crippen molar-refractivity contribution in [3.63, 3.8) is 0 Å². The molecule has 1 aliphatic rings. The molecule has 1 amide bonds. The summed E-state index contributed by atoms with van der Waals surface area (Å²) < 4.78 is 1.85. The monoisotopic (exact) mass is 284 g/mol. The van der Waals surface area contributed by atoms with Crippen LogP contribution in [0.5, 0.6) is 0 Å². The Balaban J connectivity index is 1.59. The van der Waals surface area contributed by atoms with Crippen molar-refractivity contribution in [2.24, 2.45) is 5.92 Å². The van der Waals surface area contributed by atoms with Gasteiger partial charge in [-0.05, 0) is 24.9 Å². The van der Waals surface area contributed by atoms with Gasteiger partial charge in [0.1, 0.15) is 5.82 Å². The van der Waals surface area contributed by atoms with Crippen molar-refractivity contribution in [2.45, 2.75) is 19.4 Å². The van der Waals surface area contributed by atoms with E-state index in [-0.39, 0.29) is 11.8 Å². The molecule has 1 saturated heterocycles. The third kappa shape index (κ3) is 3.49. The number of nitrogens with one attached hydrogen (secondary N) is 2. The molecule has 1 aromatic carbocycles. The average Bonchev–Trinajstić information content (AvgIpc) is 3.18. The van der Waals surface area contributed by atoms with E-state index in [0.717, 1.165) is 38.3 Å². The van der Waals surface area contributed by atoms with Crippen molar-refractivity contribution >= 4 is 11.7 Å². The summed E-state index contributed by atoms with van der Waals surface area (Å²) in [5, 5.41) is 10.5. The number of hydrogen-bond donors (Lipinski definition) is 2. The van der Waals surface area contributed by atoms with Gasteiger partial charge in [-0.2, -0.15) is 5.10 Å². The van der Waals surface area contributed by atoms with Gasteiger partial charge < -0.3 is 10.6 Å². The van der Waals surface area contributed by atoms with Gasteiger partial charge in [0.25, 0.3) is 0 Å². The molecule has 21 heavy (non-hydrogen) atoms. The summed E-state index contributed by atoms with van der Waals surface area (Å²) in [6.45, 7) is 2.45. The molecule has 0 radical (unpaired) electrons. The minimum absolute atomic E-state index is 0.0717. The number of nitrogens with zero attached hydrogens (tertiary/aromatic N) is 2. The minimum Gasteiger partial charge on any atom is -0.316 e. The lowest BCUT2D eigenvalue weighted by Crippen LogP contribution is -2.26. The molecule has 0 aliphatic carbocycles. The van der Waals surface area contributed by atoms with Gasteiger partial charge in [-0.1, -0.05) is 30.3 Å². The summed E-state index contributed by atoms with van der Waals surface area (Å²) in [6.07, 6.45) is 3.54. The highest BCUT2D eigenvalue weighted by Gasteiger charge is 2.23. The zero-order chi connectivity index (χ0) is 14.5. The van der Waals surface area contributed by atoms with Crippen molar-refractivity contribution in [1.29, 1.82) is 0 Å². The smallest absolute Gasteiger partial charge is 0.229 e. The summed E-state index contributed by atoms with van der Waals surface area (Å²) in [6, 6.07) is 12.1. The number of carbonyl (C=O) groups excluding carboxylic acids is 1. The van der Waals surface area contributed by atoms with Crippen LogP contribution < -0.4 is 10.6 Å². The van der Waals surface area contributed by atoms with E-state index in [9.17, 15) is 4.79 Å². The number of aryl methyl sites for hydroxylation is 2. The van der Waals surface area contributed by atoms with Crippen LogP contribution in [0.1, 0.15) is 12.0 Å². The van der Waals surface area contributed by atoms with Crippen LogP contribution in [0.25, 0.3) is 0 Å². The summed E-state index contributed by atoms with van der Waals surface area (Å²) >= 11 is 0. The van der Waals surface area contributed by atoms with Crippen LogP contribution in [-0.4, -0.2) is 28.8 Å². The fourth-order valence-corrected chi connectivity index (χ4v) is 2.60. The molecule has 5 heteroatoms. The first kappa shape index (κ1) is 13.8. The van der Waals surface area contributed by atoms with Crippen LogP contribution in [0, 0.1) is 5.92 Å². The van der Waals surface area contributed by atoms with Gasteiger partial charge in [0.15, 0.2) is 0 Å². The SMILES string of the molecule is O=C(Nc1ccnn1CCc1ccccc1)C1CCNC1. The van der Waals surface area contributed by atoms with Crippen LogP contribution >= 0.6 is 0 Å². The van der Waals surface area contributed by atoms with E-state index in [4.69, 9.17) is 0 Å². The highest BCUT2D eigenvalue weighted by atomic mass is 16.2. The predicted molar refractivity (Wildman–Crippen MR) is 82.0 cm³/mol. The molecule has 2 heterocycles. The number of aromatic nitrogens is 2. The van der Waals surface area contributed by atoms with Gasteiger partial charge in [-0.25, -0.2) is 4.68 Å². The van der Waals surface area contributed by atoms with E-state index in [1.807, 2.05) is 28.9 Å². The molecule has 1 fully saturated rings. The average molecular weight is 284 g/mol. The molecule has 0 spiro atoms. The first-order valence-electron chi connectivity index (χ1n) is 7.40. The zero-order valence-corrected chi connectivity index (χ0v) is 12.0. The molecule has 1 atom stereocenters. The van der Waals surface area contributed by atoms with E-state index in [2.05, 4.69) is 27.9 Å². The first-order chi connectivity index (χ1) is 10.3. The highest BCUT2D eigenvalue weighted by molar-refractivity contribution is 5.92. The molecule has 1 unspecified atom stereocenters. The molecule has 3 rings (SSSR count). The lowest BCUT2D eigenvalue weighted by Gasteiger charge is -2.12. The largest absolute Gasteiger partial charge is 0.316 e. The van der Waals surface area contributed by atoms with Gasteiger partial charge in [0, 0.05) is 19.2 Å². The summed E-state index contributed by atoms with van der Waals surface area (Å²) in [5.74, 6) is 0.937. The Kier molecular flexibility index (Phi) is 4.31. The molecular weight excluding hydrogens is 264 g/mol. The number of anilines is 1. The number of amides is 1. The second-order valence-electron chi connectivity index (χ2n) is 5.35. The van der Waals surface area contributed by atoms with Crippen molar-refractivity contribution in [3.05, 3.63) is 48.2 Å². The molecule has 1 aliphatic heterocycles. The molecule has 0 saturated carbocycles. The lowest BCUT2D eigenvalue weighted by molar-refractivity contribution is -0.119. The molecular formula is C16H20N4O. The maximum absolute atomic E-state index is 12.1. The Hall–Kier alpha value is -2.14. The third-order valence-electron chi connectivity index (χ3n) is 3.85. The van der Waals surface area contributed by atoms with Crippen LogP contribution in [0.3, 0.4) is 0 Å². The Morgan fingerprint density at radius 2 is 2.19 bits per heavy atom. The standard InChI is InChI=1S/C16H20N4O/c21-16(14-6-9-17-12-14)19-15-7-10-18-20(15)11-8-13-4-2-1-3-5-13/h1-5,7,10,14,17H,6,8-9,11-12H2,(H,19,21). The fraction of sp³-hybridized carbons (Fsp3) is 0.375. The van der Waals surface area contributed by atoms with E-state index in [0.29, 0.717) is 0 Å². The van der Waals surface area contributed by atoms with Crippen molar-refractivity contribution < 1.29 is 4.79 Å². The topological polar surface area (TPSA) is 59.0 Å². The predicted octanol–water partition coefficient (Wildman–Crippen LogP) is 1.67. The van der Waals surface area contributed by atoms with Crippen molar-refractivity contribution in [1.82, 2.24) is 15.1 Å². The van der Waals surface area contributed by atoms with Gasteiger partial charge in [-0.15, -0.1) is 0 Å². The lowest BCUT2D eigenvalue weighted by atomic mass is 10.1. The maximum Gasteiger partial charge on any atom is 0.229 e. The van der Waals surface area contributed by atoms with Crippen LogP contribution in [0.15, 0.2) is 42.6 Å². The Morgan fingerprint density at radius 3 is 2.95 bits per heavy atom. The highest BCUT2D eigenvalue weighted by Crippen LogP contribution is 2.13. The van der Waals surface area contributed by atoms with Gasteiger partial charge in [0.2, 0.25) is 5.91 Å². The van der Waals surface area contributed by atoms with E-state index < -0.39 is 0 Å². The van der Waals surface area contributed by atoms with Crippen LogP contribution in [0.4, 0.5) is 5.82 Å². The van der Waals surface area contributed by atoms with Gasteiger partial charge in [0.05, 0.1) is 12.1 Å². The number of carbonyl (C=O) groups is 1. The van der Waals surface area contributed by atoms with Crippen molar-refractivity contribution in [2.75, 3.05) is 18.4 Å². The van der Waals surface area contributed by atoms with Gasteiger partial charge in [-0.3, -0.25) is 4.79 Å². The second-order valence-corrected chi connectivity index (χ2v) is 5.35. The summed E-state index contributed by atoms with van der Waals surface area (Å²) in [4.78, 5) is 12.1. The van der Waals surface area contributed by atoms with Gasteiger partial charge >= 0.3 is 0 Å². The molecule has 2 aromatic rings. The maximum atomic E-state index is 12.1. The van der Waals surface area contributed by atoms with E-state index >= 15 is 0 Å². The van der Waals surface area contributed by atoms with Crippen molar-refractivity contribution in [3.8, 4) is 0 Å². The number of benzene rings is 1. The van der Waals surface area contributed by atoms with E-state index in [1.165, 1.54) is 5.56 Å². The normalized spacial score (nSPS) is 17.8. The quantitative estimate of drug-likeness (QED) is 0.878. The Morgan fingerprint density at radius 1 is 1.33 bits per heavy atom. The zero-order valence-electron chi connectivity index (χ0n) is 12.0. The second kappa shape index (κ2) is 6.54. The third-order valence-corrected chi connectivity index (χ3v) is 3.85. The molecule has 5 nitrogen and oxygen atoms in total. The molecule has 0 bridgehead atoms.